The highest BCUT2D eigenvalue weighted by Crippen LogP contribution is 2.31. The average Bonchev–Trinajstić information content (AvgIpc) is 3.11. The van der Waals surface area contributed by atoms with Crippen molar-refractivity contribution < 1.29 is 13.2 Å². The normalized spacial score (nSPS) is 11.9. The largest absolute Gasteiger partial charge is 0.416 e. The minimum absolute atomic E-state index is 0.216. The van der Waals surface area contributed by atoms with Gasteiger partial charge in [0.1, 0.15) is 0 Å². The average molecular weight is 437 g/mol. The Bertz CT molecular complexity index is 1230. The summed E-state index contributed by atoms with van der Waals surface area (Å²) in [6.07, 6.45) is -2.88. The van der Waals surface area contributed by atoms with Crippen LogP contribution < -0.4 is 5.69 Å². The molecule has 10 heteroatoms. The van der Waals surface area contributed by atoms with Crippen molar-refractivity contribution in [3.63, 3.8) is 0 Å². The van der Waals surface area contributed by atoms with Crippen LogP contribution in [0.15, 0.2) is 64.7 Å². The Balaban J connectivity index is 1.64. The third-order valence-electron chi connectivity index (χ3n) is 4.14. The highest BCUT2D eigenvalue weighted by molar-refractivity contribution is 7.98. The van der Waals surface area contributed by atoms with Crippen molar-refractivity contribution >= 4 is 29.0 Å². The number of alkyl halides is 3. The van der Waals surface area contributed by atoms with Crippen molar-refractivity contribution in [2.75, 3.05) is 0 Å². The first kappa shape index (κ1) is 19.5. The van der Waals surface area contributed by atoms with Crippen LogP contribution >= 0.6 is 23.4 Å². The molecule has 0 unspecified atom stereocenters. The molecule has 0 aliphatic rings. The van der Waals surface area contributed by atoms with E-state index in [0.29, 0.717) is 21.8 Å². The van der Waals surface area contributed by atoms with E-state index in [4.69, 9.17) is 11.6 Å². The van der Waals surface area contributed by atoms with Crippen molar-refractivity contribution in [2.45, 2.75) is 17.1 Å². The fraction of sp³-hybridized carbons (Fsp3) is 0.105. The molecule has 148 valence electrons. The lowest BCUT2D eigenvalue weighted by Crippen LogP contribution is -2.19. The maximum Gasteiger partial charge on any atom is 0.416 e. The Kier molecular flexibility index (Phi) is 5.10. The zero-order valence-corrected chi connectivity index (χ0v) is 16.1. The van der Waals surface area contributed by atoms with Gasteiger partial charge in [-0.05, 0) is 29.3 Å². The standard InChI is InChI=1S/C19H12ClF3N4OS/c20-14-6-4-12(5-7-14)15-9-24-27-16(15)25-17(26-18(27)28)29-10-11-2-1-3-13(8-11)19(21,22)23/h1-9H,10H2,(H,25,26,28). The van der Waals surface area contributed by atoms with Gasteiger partial charge in [0.25, 0.3) is 0 Å². The molecule has 1 N–H and O–H groups in total. The van der Waals surface area contributed by atoms with Gasteiger partial charge in [0.2, 0.25) is 0 Å². The molecule has 2 aromatic heterocycles. The molecule has 0 radical (unpaired) electrons. The fourth-order valence-corrected chi connectivity index (χ4v) is 3.68. The van der Waals surface area contributed by atoms with E-state index in [1.165, 1.54) is 12.3 Å². The minimum atomic E-state index is -4.41. The molecule has 4 rings (SSSR count). The molecule has 0 aliphatic heterocycles. The van der Waals surface area contributed by atoms with Gasteiger partial charge in [-0.1, -0.05) is 53.7 Å². The van der Waals surface area contributed by atoms with E-state index < -0.39 is 17.4 Å². The predicted octanol–water partition coefficient (Wildman–Crippen LogP) is 5.05. The van der Waals surface area contributed by atoms with Gasteiger partial charge in [0.15, 0.2) is 10.8 Å². The Morgan fingerprint density at radius 3 is 2.62 bits per heavy atom. The zero-order chi connectivity index (χ0) is 20.6. The summed E-state index contributed by atoms with van der Waals surface area (Å²) in [5.74, 6) is 0.216. The van der Waals surface area contributed by atoms with Crippen molar-refractivity contribution in [3.8, 4) is 11.1 Å². The monoisotopic (exact) mass is 436 g/mol. The molecule has 0 spiro atoms. The highest BCUT2D eigenvalue weighted by Gasteiger charge is 2.30. The van der Waals surface area contributed by atoms with E-state index in [0.717, 1.165) is 34.0 Å². The molecular formula is C19H12ClF3N4OS. The lowest BCUT2D eigenvalue weighted by Gasteiger charge is -2.08. The summed E-state index contributed by atoms with van der Waals surface area (Å²) in [4.78, 5) is 19.3. The van der Waals surface area contributed by atoms with Crippen LogP contribution in [0.5, 0.6) is 0 Å². The summed E-state index contributed by atoms with van der Waals surface area (Å²) in [6, 6.07) is 12.1. The molecule has 2 heterocycles. The quantitative estimate of drug-likeness (QED) is 0.455. The molecule has 4 aromatic rings. The van der Waals surface area contributed by atoms with Crippen LogP contribution in [0, 0.1) is 0 Å². The number of aromatic amines is 1. The van der Waals surface area contributed by atoms with E-state index >= 15 is 0 Å². The van der Waals surface area contributed by atoms with Gasteiger partial charge in [0.05, 0.1) is 11.8 Å². The second kappa shape index (κ2) is 7.57. The third kappa shape index (κ3) is 4.15. The Labute approximate surface area is 171 Å². The molecule has 5 nitrogen and oxygen atoms in total. The second-order valence-corrected chi connectivity index (χ2v) is 7.53. The summed E-state index contributed by atoms with van der Waals surface area (Å²) < 4.78 is 39.7. The minimum Gasteiger partial charge on any atom is -0.285 e. The number of benzene rings is 2. The van der Waals surface area contributed by atoms with Crippen LogP contribution in [-0.2, 0) is 11.9 Å². The number of nitrogens with zero attached hydrogens (tertiary/aromatic N) is 3. The predicted molar refractivity (Wildman–Crippen MR) is 105 cm³/mol. The number of halogens is 4. The summed E-state index contributed by atoms with van der Waals surface area (Å²) in [6.45, 7) is 0. The van der Waals surface area contributed by atoms with E-state index in [1.54, 1.807) is 30.3 Å². The first-order valence-corrected chi connectivity index (χ1v) is 9.70. The Hall–Kier alpha value is -2.78. The third-order valence-corrected chi connectivity index (χ3v) is 5.34. The lowest BCUT2D eigenvalue weighted by molar-refractivity contribution is -0.137. The molecule has 0 saturated heterocycles. The number of H-pyrrole nitrogens is 1. The SMILES string of the molecule is O=c1[nH]c(SCc2cccc(C(F)(F)F)c2)nc2c(-c3ccc(Cl)cc3)cnn12. The molecule has 0 aliphatic carbocycles. The van der Waals surface area contributed by atoms with Gasteiger partial charge in [-0.15, -0.1) is 0 Å². The van der Waals surface area contributed by atoms with Crippen LogP contribution in [0.25, 0.3) is 16.8 Å². The number of aromatic nitrogens is 4. The molecule has 0 amide bonds. The highest BCUT2D eigenvalue weighted by atomic mass is 35.5. The van der Waals surface area contributed by atoms with E-state index in [-0.39, 0.29) is 10.9 Å². The first-order chi connectivity index (χ1) is 13.8. The number of rotatable bonds is 4. The maximum absolute atomic E-state index is 12.9. The summed E-state index contributed by atoms with van der Waals surface area (Å²) in [5, 5.41) is 4.92. The Morgan fingerprint density at radius 1 is 1.14 bits per heavy atom. The fourth-order valence-electron chi connectivity index (χ4n) is 2.76. The molecule has 0 saturated carbocycles. The van der Waals surface area contributed by atoms with Crippen LogP contribution in [0.3, 0.4) is 0 Å². The topological polar surface area (TPSA) is 63.0 Å². The van der Waals surface area contributed by atoms with Crippen molar-refractivity contribution in [1.29, 1.82) is 0 Å². The first-order valence-electron chi connectivity index (χ1n) is 8.34. The maximum atomic E-state index is 12.9. The summed E-state index contributed by atoms with van der Waals surface area (Å²) in [5.41, 5.74) is 1.06. The Morgan fingerprint density at radius 2 is 1.90 bits per heavy atom. The van der Waals surface area contributed by atoms with Gasteiger partial charge in [-0.2, -0.15) is 22.8 Å². The molecule has 0 fully saturated rings. The van der Waals surface area contributed by atoms with Crippen molar-refractivity contribution in [3.05, 3.63) is 81.4 Å². The number of thioether (sulfide) groups is 1. The summed E-state index contributed by atoms with van der Waals surface area (Å²) >= 11 is 7.05. The smallest absolute Gasteiger partial charge is 0.285 e. The molecule has 2 aromatic carbocycles. The van der Waals surface area contributed by atoms with Crippen LogP contribution in [0.4, 0.5) is 13.2 Å². The number of nitrogens with one attached hydrogen (secondary N) is 1. The van der Waals surface area contributed by atoms with E-state index in [2.05, 4.69) is 15.1 Å². The van der Waals surface area contributed by atoms with Gasteiger partial charge in [-0.3, -0.25) is 4.98 Å². The molecule has 29 heavy (non-hydrogen) atoms. The second-order valence-electron chi connectivity index (χ2n) is 6.13. The molecule has 0 bridgehead atoms. The summed E-state index contributed by atoms with van der Waals surface area (Å²) in [7, 11) is 0. The number of fused-ring (bicyclic) bond motifs is 1. The van der Waals surface area contributed by atoms with Crippen LogP contribution in [0.1, 0.15) is 11.1 Å². The number of hydrogen-bond donors (Lipinski definition) is 1. The van der Waals surface area contributed by atoms with Gasteiger partial charge >= 0.3 is 11.9 Å². The van der Waals surface area contributed by atoms with Crippen LogP contribution in [0.2, 0.25) is 5.02 Å². The zero-order valence-electron chi connectivity index (χ0n) is 14.6. The van der Waals surface area contributed by atoms with Gasteiger partial charge < -0.3 is 0 Å². The van der Waals surface area contributed by atoms with Crippen LogP contribution in [-0.4, -0.2) is 19.6 Å². The van der Waals surface area contributed by atoms with Crippen molar-refractivity contribution in [2.24, 2.45) is 0 Å². The lowest BCUT2D eigenvalue weighted by atomic mass is 10.1. The van der Waals surface area contributed by atoms with E-state index in [1.807, 2.05) is 0 Å². The van der Waals surface area contributed by atoms with Gasteiger partial charge in [0, 0.05) is 16.3 Å². The van der Waals surface area contributed by atoms with E-state index in [9.17, 15) is 18.0 Å². The number of hydrogen-bond acceptors (Lipinski definition) is 4. The molecular weight excluding hydrogens is 425 g/mol. The van der Waals surface area contributed by atoms with Crippen molar-refractivity contribution in [1.82, 2.24) is 19.6 Å². The van der Waals surface area contributed by atoms with Gasteiger partial charge in [-0.25, -0.2) is 9.78 Å². The molecule has 0 atom stereocenters.